The zero-order valence-corrected chi connectivity index (χ0v) is 19.3. The topological polar surface area (TPSA) is 9.23 Å². The Hall–Kier alpha value is -3.39. The Morgan fingerprint density at radius 1 is 0.909 bits per heavy atom. The van der Waals surface area contributed by atoms with Gasteiger partial charge in [-0.2, -0.15) is 0 Å². The van der Waals surface area contributed by atoms with Crippen LogP contribution in [0.4, 0.5) is 4.39 Å². The second kappa shape index (κ2) is 11.0. The van der Waals surface area contributed by atoms with Crippen LogP contribution in [-0.2, 0) is 6.42 Å². The van der Waals surface area contributed by atoms with Gasteiger partial charge >= 0.3 is 0 Å². The molecule has 0 N–H and O–H groups in total. The van der Waals surface area contributed by atoms with E-state index < -0.39 is 0 Å². The summed E-state index contributed by atoms with van der Waals surface area (Å²) in [6.07, 6.45) is 5.94. The van der Waals surface area contributed by atoms with E-state index in [-0.39, 0.29) is 5.82 Å². The molecule has 0 aliphatic heterocycles. The van der Waals surface area contributed by atoms with Crippen LogP contribution >= 0.6 is 0 Å². The molecule has 1 nitrogen and oxygen atoms in total. The summed E-state index contributed by atoms with van der Waals surface area (Å²) in [6, 6.07) is 28.4. The minimum atomic E-state index is -0.174. The maximum Gasteiger partial charge on any atom is 0.131 e. The third-order valence-electron chi connectivity index (χ3n) is 6.20. The first-order chi connectivity index (χ1) is 16.2. The van der Waals surface area contributed by atoms with Gasteiger partial charge in [0.1, 0.15) is 18.2 Å². The molecule has 0 aromatic heterocycles. The van der Waals surface area contributed by atoms with E-state index in [0.29, 0.717) is 18.1 Å². The third-order valence-corrected chi connectivity index (χ3v) is 6.20. The largest absolute Gasteiger partial charge is 0.490 e. The lowest BCUT2D eigenvalue weighted by Gasteiger charge is -2.19. The molecule has 0 spiro atoms. The van der Waals surface area contributed by atoms with Crippen molar-refractivity contribution in [2.45, 2.75) is 38.5 Å². The van der Waals surface area contributed by atoms with Gasteiger partial charge in [-0.25, -0.2) is 4.39 Å². The summed E-state index contributed by atoms with van der Waals surface area (Å²) in [5.41, 5.74) is 3.84. The lowest BCUT2D eigenvalue weighted by molar-refractivity contribution is 0.363. The lowest BCUT2D eigenvalue weighted by atomic mass is 9.86. The normalized spacial score (nSPS) is 11.9. The summed E-state index contributed by atoms with van der Waals surface area (Å²) in [5, 5.41) is 2.51. The van der Waals surface area contributed by atoms with E-state index in [1.54, 1.807) is 12.1 Å². The van der Waals surface area contributed by atoms with Crippen molar-refractivity contribution < 1.29 is 9.13 Å². The van der Waals surface area contributed by atoms with E-state index in [4.69, 9.17) is 4.74 Å². The molecule has 4 rings (SSSR count). The van der Waals surface area contributed by atoms with Gasteiger partial charge in [-0.05, 0) is 64.4 Å². The highest BCUT2D eigenvalue weighted by atomic mass is 19.1. The van der Waals surface area contributed by atoms with Crippen molar-refractivity contribution in [2.24, 2.45) is 0 Å². The Bertz CT molecular complexity index is 1210. The monoisotopic (exact) mass is 438 g/mol. The highest BCUT2D eigenvalue weighted by Crippen LogP contribution is 2.32. The van der Waals surface area contributed by atoms with Crippen LogP contribution in [0.15, 0.2) is 97.6 Å². The highest BCUT2D eigenvalue weighted by Gasteiger charge is 2.16. The van der Waals surface area contributed by atoms with E-state index in [9.17, 15) is 0 Å². The first-order valence-electron chi connectivity index (χ1n) is 11.8. The molecule has 0 amide bonds. The fourth-order valence-electron chi connectivity index (χ4n) is 4.39. The number of benzene rings is 4. The maximum atomic E-state index is 15.2. The van der Waals surface area contributed by atoms with Crippen LogP contribution in [0.1, 0.15) is 43.2 Å². The van der Waals surface area contributed by atoms with Crippen LogP contribution in [0.5, 0.6) is 5.75 Å². The number of unbranched alkanes of at least 4 members (excludes halogenated alkanes) is 1. The molecule has 1 atom stereocenters. The van der Waals surface area contributed by atoms with E-state index in [0.717, 1.165) is 42.6 Å². The van der Waals surface area contributed by atoms with Gasteiger partial charge in [0.25, 0.3) is 0 Å². The number of fused-ring (bicyclic) bond motifs is 1. The molecule has 0 bridgehead atoms. The van der Waals surface area contributed by atoms with Crippen LogP contribution < -0.4 is 4.74 Å². The van der Waals surface area contributed by atoms with Crippen molar-refractivity contribution in [1.29, 1.82) is 0 Å². The molecule has 0 saturated carbocycles. The molecular weight excluding hydrogens is 407 g/mol. The van der Waals surface area contributed by atoms with E-state index >= 15 is 4.39 Å². The van der Waals surface area contributed by atoms with Gasteiger partial charge in [-0.1, -0.05) is 99.2 Å². The SMILES string of the molecule is C=CCOc1ccc(-c2ccc(C(CCCC)Cc3ccc4ccccc4c3)cc2F)cc1. The maximum absolute atomic E-state index is 15.2. The fraction of sp³-hybridized carbons (Fsp3) is 0.226. The molecule has 4 aromatic carbocycles. The number of ether oxygens (including phenoxy) is 1. The van der Waals surface area contributed by atoms with Gasteiger partial charge in [-0.15, -0.1) is 0 Å². The zero-order valence-electron chi connectivity index (χ0n) is 19.3. The molecule has 0 aliphatic rings. The average Bonchev–Trinajstić information content (AvgIpc) is 2.85. The van der Waals surface area contributed by atoms with Crippen molar-refractivity contribution in [3.63, 3.8) is 0 Å². The standard InChI is InChI=1S/C31H31FO/c1-3-5-8-27(21-23-11-12-24-9-6-7-10-26(24)20-23)28-15-18-30(31(32)22-28)25-13-16-29(17-14-25)33-19-4-2/h4,6-7,9-18,20,22,27H,2-3,5,8,19,21H2,1H3. The summed E-state index contributed by atoms with van der Waals surface area (Å²) in [5.74, 6) is 0.877. The summed E-state index contributed by atoms with van der Waals surface area (Å²) in [6.45, 7) is 6.32. The molecule has 0 aliphatic carbocycles. The zero-order chi connectivity index (χ0) is 23.0. The van der Waals surface area contributed by atoms with Gasteiger partial charge in [0.05, 0.1) is 0 Å². The second-order valence-corrected chi connectivity index (χ2v) is 8.59. The number of rotatable bonds is 10. The van der Waals surface area contributed by atoms with Crippen molar-refractivity contribution in [3.05, 3.63) is 115 Å². The van der Waals surface area contributed by atoms with Crippen molar-refractivity contribution in [1.82, 2.24) is 0 Å². The Balaban J connectivity index is 1.57. The Labute approximate surface area is 196 Å². The van der Waals surface area contributed by atoms with Gasteiger partial charge < -0.3 is 4.74 Å². The Morgan fingerprint density at radius 3 is 2.42 bits per heavy atom. The third kappa shape index (κ3) is 5.70. The van der Waals surface area contributed by atoms with Crippen LogP contribution in [-0.4, -0.2) is 6.61 Å². The van der Waals surface area contributed by atoms with Gasteiger partial charge in [0.2, 0.25) is 0 Å². The van der Waals surface area contributed by atoms with Crippen LogP contribution in [0, 0.1) is 5.82 Å². The predicted octanol–water partition coefficient (Wildman–Crippen LogP) is 8.73. The first kappa shape index (κ1) is 22.8. The highest BCUT2D eigenvalue weighted by molar-refractivity contribution is 5.83. The minimum absolute atomic E-state index is 0.174. The average molecular weight is 439 g/mol. The summed E-state index contributed by atoms with van der Waals surface area (Å²) in [7, 11) is 0. The fourth-order valence-corrected chi connectivity index (χ4v) is 4.39. The Morgan fingerprint density at radius 2 is 1.70 bits per heavy atom. The van der Waals surface area contributed by atoms with E-state index in [2.05, 4.69) is 62.0 Å². The van der Waals surface area contributed by atoms with Crippen molar-refractivity contribution >= 4 is 10.8 Å². The van der Waals surface area contributed by atoms with Gasteiger partial charge in [0, 0.05) is 5.56 Å². The summed E-state index contributed by atoms with van der Waals surface area (Å²) in [4.78, 5) is 0. The van der Waals surface area contributed by atoms with Crippen LogP contribution in [0.2, 0.25) is 0 Å². The van der Waals surface area contributed by atoms with E-state index in [1.165, 1.54) is 16.3 Å². The molecule has 0 heterocycles. The second-order valence-electron chi connectivity index (χ2n) is 8.59. The first-order valence-corrected chi connectivity index (χ1v) is 11.8. The number of hydrogen-bond donors (Lipinski definition) is 0. The summed E-state index contributed by atoms with van der Waals surface area (Å²) >= 11 is 0. The number of halogens is 1. The minimum Gasteiger partial charge on any atom is -0.490 e. The van der Waals surface area contributed by atoms with Crippen molar-refractivity contribution in [2.75, 3.05) is 6.61 Å². The smallest absolute Gasteiger partial charge is 0.131 e. The number of hydrogen-bond acceptors (Lipinski definition) is 1. The molecule has 0 fully saturated rings. The Kier molecular flexibility index (Phi) is 7.57. The van der Waals surface area contributed by atoms with Crippen molar-refractivity contribution in [3.8, 4) is 16.9 Å². The van der Waals surface area contributed by atoms with Crippen LogP contribution in [0.3, 0.4) is 0 Å². The molecule has 0 radical (unpaired) electrons. The lowest BCUT2D eigenvalue weighted by Crippen LogP contribution is -2.04. The quantitative estimate of drug-likeness (QED) is 0.225. The molecular formula is C31H31FO. The molecule has 1 unspecified atom stereocenters. The molecule has 4 aromatic rings. The van der Waals surface area contributed by atoms with Gasteiger partial charge in [0.15, 0.2) is 0 Å². The van der Waals surface area contributed by atoms with Gasteiger partial charge in [-0.3, -0.25) is 0 Å². The predicted molar refractivity (Wildman–Crippen MR) is 137 cm³/mol. The molecule has 2 heteroatoms. The molecule has 33 heavy (non-hydrogen) atoms. The summed E-state index contributed by atoms with van der Waals surface area (Å²) < 4.78 is 20.8. The molecule has 168 valence electrons. The van der Waals surface area contributed by atoms with Crippen LogP contribution in [0.25, 0.3) is 21.9 Å². The van der Waals surface area contributed by atoms with E-state index in [1.807, 2.05) is 30.3 Å². The molecule has 0 saturated heterocycles.